The van der Waals surface area contributed by atoms with E-state index >= 15 is 0 Å². The van der Waals surface area contributed by atoms with Crippen molar-refractivity contribution in [1.82, 2.24) is 0 Å². The molecule has 0 aromatic heterocycles. The van der Waals surface area contributed by atoms with Crippen LogP contribution in [0.5, 0.6) is 0 Å². The highest BCUT2D eigenvalue weighted by Gasteiger charge is 2.37. The van der Waals surface area contributed by atoms with E-state index in [4.69, 9.17) is 10.5 Å². The third kappa shape index (κ3) is 1.58. The fraction of sp³-hybridized carbons (Fsp3) is 0.538. The molecule has 0 bridgehead atoms. The first-order valence-electron chi connectivity index (χ1n) is 5.58. The van der Waals surface area contributed by atoms with Crippen LogP contribution in [-0.2, 0) is 10.3 Å². The summed E-state index contributed by atoms with van der Waals surface area (Å²) in [4.78, 5) is 0. The van der Waals surface area contributed by atoms with Gasteiger partial charge in [0.1, 0.15) is 5.60 Å². The number of hydrogen-bond acceptors (Lipinski definition) is 2. The van der Waals surface area contributed by atoms with Crippen molar-refractivity contribution in [2.75, 3.05) is 13.7 Å². The highest BCUT2D eigenvalue weighted by Crippen LogP contribution is 2.42. The Morgan fingerprint density at radius 2 is 2.20 bits per heavy atom. The molecule has 1 aromatic rings. The van der Waals surface area contributed by atoms with Crippen molar-refractivity contribution >= 4 is 0 Å². The minimum Gasteiger partial charge on any atom is -0.372 e. The summed E-state index contributed by atoms with van der Waals surface area (Å²) >= 11 is 0. The van der Waals surface area contributed by atoms with E-state index in [0.29, 0.717) is 12.5 Å². The molecule has 15 heavy (non-hydrogen) atoms. The van der Waals surface area contributed by atoms with Crippen LogP contribution in [0.4, 0.5) is 0 Å². The van der Waals surface area contributed by atoms with E-state index in [1.165, 1.54) is 11.1 Å². The van der Waals surface area contributed by atoms with Crippen molar-refractivity contribution in [2.24, 2.45) is 5.73 Å². The van der Waals surface area contributed by atoms with Gasteiger partial charge >= 0.3 is 0 Å². The predicted octanol–water partition coefficient (Wildman–Crippen LogP) is 2.38. The molecule has 2 rings (SSSR count). The molecule has 2 atom stereocenters. The van der Waals surface area contributed by atoms with E-state index in [2.05, 4.69) is 31.2 Å². The van der Waals surface area contributed by atoms with E-state index in [1.54, 1.807) is 7.11 Å². The summed E-state index contributed by atoms with van der Waals surface area (Å²) < 4.78 is 5.68. The number of rotatable bonds is 2. The minimum absolute atomic E-state index is 0.247. The van der Waals surface area contributed by atoms with Crippen molar-refractivity contribution < 1.29 is 4.74 Å². The third-order valence-electron chi connectivity index (χ3n) is 3.68. The highest BCUT2D eigenvalue weighted by molar-refractivity contribution is 5.37. The number of benzene rings is 1. The molecule has 0 amide bonds. The molecule has 0 saturated heterocycles. The second-order valence-electron chi connectivity index (χ2n) is 4.43. The molecule has 2 nitrogen and oxygen atoms in total. The number of ether oxygens (including phenoxy) is 1. The Morgan fingerprint density at radius 1 is 1.47 bits per heavy atom. The van der Waals surface area contributed by atoms with E-state index in [9.17, 15) is 0 Å². The van der Waals surface area contributed by atoms with Gasteiger partial charge in [-0.1, -0.05) is 31.2 Å². The van der Waals surface area contributed by atoms with Gasteiger partial charge < -0.3 is 10.5 Å². The van der Waals surface area contributed by atoms with Crippen LogP contribution in [0.15, 0.2) is 24.3 Å². The molecular weight excluding hydrogens is 186 g/mol. The lowest BCUT2D eigenvalue weighted by atomic mass is 9.74. The first kappa shape index (κ1) is 10.7. The summed E-state index contributed by atoms with van der Waals surface area (Å²) in [5, 5.41) is 0. The van der Waals surface area contributed by atoms with Crippen molar-refractivity contribution in [2.45, 2.75) is 31.3 Å². The van der Waals surface area contributed by atoms with Crippen molar-refractivity contribution in [3.05, 3.63) is 35.4 Å². The Hall–Kier alpha value is -0.860. The topological polar surface area (TPSA) is 35.2 Å². The van der Waals surface area contributed by atoms with Gasteiger partial charge in [-0.15, -0.1) is 0 Å². The molecule has 2 unspecified atom stereocenters. The normalized spacial score (nSPS) is 29.9. The second-order valence-corrected chi connectivity index (χ2v) is 4.43. The van der Waals surface area contributed by atoms with E-state index in [1.807, 2.05) is 0 Å². The molecular formula is C13H19NO. The van der Waals surface area contributed by atoms with Crippen molar-refractivity contribution in [3.63, 3.8) is 0 Å². The average Bonchev–Trinajstić information content (AvgIpc) is 2.31. The van der Waals surface area contributed by atoms with Gasteiger partial charge in [0, 0.05) is 13.7 Å². The molecule has 2 heteroatoms. The van der Waals surface area contributed by atoms with E-state index in [-0.39, 0.29) is 5.60 Å². The van der Waals surface area contributed by atoms with Crippen molar-refractivity contribution in [1.29, 1.82) is 0 Å². The molecule has 0 heterocycles. The highest BCUT2D eigenvalue weighted by atomic mass is 16.5. The Labute approximate surface area is 91.4 Å². The summed E-state index contributed by atoms with van der Waals surface area (Å²) in [5.74, 6) is 0.621. The van der Waals surface area contributed by atoms with Crippen LogP contribution in [0.3, 0.4) is 0 Å². The molecule has 82 valence electrons. The van der Waals surface area contributed by atoms with Gasteiger partial charge in [0.25, 0.3) is 0 Å². The smallest absolute Gasteiger partial charge is 0.105 e. The first-order chi connectivity index (χ1) is 7.23. The second kappa shape index (κ2) is 3.95. The van der Waals surface area contributed by atoms with Crippen LogP contribution in [0.2, 0.25) is 0 Å². The molecule has 1 aliphatic rings. The zero-order valence-corrected chi connectivity index (χ0v) is 9.49. The van der Waals surface area contributed by atoms with Crippen molar-refractivity contribution in [3.8, 4) is 0 Å². The SMILES string of the molecule is COC1(CN)CCC(C)c2ccccc21. The van der Waals surface area contributed by atoms with Gasteiger partial charge in [0.15, 0.2) is 0 Å². The fourth-order valence-corrected chi connectivity index (χ4v) is 2.59. The zero-order chi connectivity index (χ0) is 10.9. The first-order valence-corrected chi connectivity index (χ1v) is 5.58. The summed E-state index contributed by atoms with van der Waals surface area (Å²) in [7, 11) is 1.76. The Kier molecular flexibility index (Phi) is 2.81. The number of nitrogens with two attached hydrogens (primary N) is 1. The minimum atomic E-state index is -0.247. The summed E-state index contributed by atoms with van der Waals surface area (Å²) in [6.07, 6.45) is 2.18. The van der Waals surface area contributed by atoms with Crippen LogP contribution in [0.1, 0.15) is 36.8 Å². The van der Waals surface area contributed by atoms with Gasteiger partial charge in [-0.05, 0) is 29.9 Å². The quantitative estimate of drug-likeness (QED) is 0.804. The van der Waals surface area contributed by atoms with E-state index in [0.717, 1.165) is 12.8 Å². The molecule has 2 N–H and O–H groups in total. The molecule has 0 aliphatic heterocycles. The Morgan fingerprint density at radius 3 is 2.87 bits per heavy atom. The lowest BCUT2D eigenvalue weighted by Gasteiger charge is -2.39. The monoisotopic (exact) mass is 205 g/mol. The Balaban J connectivity index is 2.52. The third-order valence-corrected chi connectivity index (χ3v) is 3.68. The van der Waals surface area contributed by atoms with Crippen LogP contribution in [0, 0.1) is 0 Å². The standard InChI is InChI=1S/C13H19NO/c1-10-7-8-13(9-14,15-2)12-6-4-3-5-11(10)12/h3-6,10H,7-9,14H2,1-2H3. The van der Waals surface area contributed by atoms with Crippen LogP contribution in [0.25, 0.3) is 0 Å². The molecule has 1 aliphatic carbocycles. The average molecular weight is 205 g/mol. The van der Waals surface area contributed by atoms with Gasteiger partial charge in [-0.25, -0.2) is 0 Å². The maximum absolute atomic E-state index is 5.88. The Bertz CT molecular complexity index is 344. The number of methoxy groups -OCH3 is 1. The van der Waals surface area contributed by atoms with Gasteiger partial charge in [-0.2, -0.15) is 0 Å². The van der Waals surface area contributed by atoms with Gasteiger partial charge in [-0.3, -0.25) is 0 Å². The number of fused-ring (bicyclic) bond motifs is 1. The summed E-state index contributed by atoms with van der Waals surface area (Å²) in [5.41, 5.74) is 8.32. The lowest BCUT2D eigenvalue weighted by Crippen LogP contribution is -2.40. The molecule has 0 spiro atoms. The molecule has 0 radical (unpaired) electrons. The lowest BCUT2D eigenvalue weighted by molar-refractivity contribution is -0.0234. The summed E-state index contributed by atoms with van der Waals surface area (Å²) in [6.45, 7) is 2.84. The summed E-state index contributed by atoms with van der Waals surface area (Å²) in [6, 6.07) is 8.52. The van der Waals surface area contributed by atoms with Crippen LogP contribution >= 0.6 is 0 Å². The van der Waals surface area contributed by atoms with Gasteiger partial charge in [0.05, 0.1) is 0 Å². The molecule has 0 saturated carbocycles. The maximum atomic E-state index is 5.88. The molecule has 0 fully saturated rings. The van der Waals surface area contributed by atoms with Crippen LogP contribution in [-0.4, -0.2) is 13.7 Å². The molecule has 1 aromatic carbocycles. The van der Waals surface area contributed by atoms with E-state index < -0.39 is 0 Å². The predicted molar refractivity (Wildman–Crippen MR) is 61.8 cm³/mol. The fourth-order valence-electron chi connectivity index (χ4n) is 2.59. The van der Waals surface area contributed by atoms with Gasteiger partial charge in [0.2, 0.25) is 0 Å². The van der Waals surface area contributed by atoms with Crippen LogP contribution < -0.4 is 5.73 Å². The zero-order valence-electron chi connectivity index (χ0n) is 9.49. The number of hydrogen-bond donors (Lipinski definition) is 1. The largest absolute Gasteiger partial charge is 0.372 e. The maximum Gasteiger partial charge on any atom is 0.105 e.